The summed E-state index contributed by atoms with van der Waals surface area (Å²) < 4.78 is 5.92. The van der Waals surface area contributed by atoms with Gasteiger partial charge >= 0.3 is 5.97 Å². The molecule has 0 aromatic rings. The quantitative estimate of drug-likeness (QED) is 0.586. The van der Waals surface area contributed by atoms with E-state index in [9.17, 15) is 14.7 Å². The van der Waals surface area contributed by atoms with E-state index in [1.165, 1.54) is 6.92 Å². The average molecular weight is 383 g/mol. The summed E-state index contributed by atoms with van der Waals surface area (Å²) in [4.78, 5) is 23.8. The molecule has 4 nitrogen and oxygen atoms in total. The number of allylic oxidation sites excluding steroid dienone is 4. The number of carbonyl (C=O) groups is 2. The Kier molecular flexibility index (Phi) is 4.39. The predicted octanol–water partition coefficient (Wildman–Crippen LogP) is 3.59. The molecule has 0 aliphatic heterocycles. The van der Waals surface area contributed by atoms with Crippen LogP contribution in [0, 0.1) is 40.9 Å². The summed E-state index contributed by atoms with van der Waals surface area (Å²) in [5.41, 5.74) is -0.162. The fourth-order valence-electron chi connectivity index (χ4n) is 7.34. The van der Waals surface area contributed by atoms with Crippen molar-refractivity contribution in [2.45, 2.75) is 71.0 Å². The standard InChI is InChI=1S/C24H30O4/c1-5-10-24(28-15(2)25)12-9-19-18-7-6-16-13-17(26)8-11-22(16,3)21(18)20(27)14-23(19,24)4/h1,8,11,13,18-21,27H,6-7,9-10,12,14H2,2-4H3/t18?,19?,20-,21?,22-,23-,24?/m0/s1. The second-order valence-corrected chi connectivity index (χ2v) is 9.72. The zero-order chi connectivity index (χ0) is 20.3. The third kappa shape index (κ3) is 2.48. The Balaban J connectivity index is 1.74. The van der Waals surface area contributed by atoms with E-state index in [0.717, 1.165) is 31.3 Å². The number of fused-ring (bicyclic) bond motifs is 5. The van der Waals surface area contributed by atoms with Crippen LogP contribution in [0.4, 0.5) is 0 Å². The number of aliphatic hydroxyl groups is 1. The van der Waals surface area contributed by atoms with Crippen molar-refractivity contribution >= 4 is 11.8 Å². The van der Waals surface area contributed by atoms with E-state index >= 15 is 0 Å². The van der Waals surface area contributed by atoms with E-state index in [1.54, 1.807) is 12.2 Å². The van der Waals surface area contributed by atoms with Crippen LogP contribution in [-0.4, -0.2) is 28.6 Å². The number of ketones is 1. The second kappa shape index (κ2) is 6.32. The molecular formula is C24H30O4. The zero-order valence-electron chi connectivity index (χ0n) is 17.0. The maximum atomic E-state index is 11.9. The van der Waals surface area contributed by atoms with Gasteiger partial charge in [0.2, 0.25) is 0 Å². The predicted molar refractivity (Wildman–Crippen MR) is 106 cm³/mol. The number of hydrogen-bond donors (Lipinski definition) is 1. The smallest absolute Gasteiger partial charge is 0.303 e. The number of hydrogen-bond acceptors (Lipinski definition) is 4. The van der Waals surface area contributed by atoms with E-state index in [4.69, 9.17) is 11.2 Å². The van der Waals surface area contributed by atoms with Gasteiger partial charge in [0.25, 0.3) is 0 Å². The Hall–Kier alpha value is -1.86. The van der Waals surface area contributed by atoms with Gasteiger partial charge < -0.3 is 9.84 Å². The third-order valence-corrected chi connectivity index (χ3v) is 8.51. The van der Waals surface area contributed by atoms with E-state index < -0.39 is 11.7 Å². The lowest BCUT2D eigenvalue weighted by Crippen LogP contribution is -2.60. The minimum Gasteiger partial charge on any atom is -0.458 e. The summed E-state index contributed by atoms with van der Waals surface area (Å²) in [5, 5.41) is 11.4. The molecule has 4 aliphatic carbocycles. The van der Waals surface area contributed by atoms with Gasteiger partial charge in [0.1, 0.15) is 5.60 Å². The molecule has 0 aromatic carbocycles. The second-order valence-electron chi connectivity index (χ2n) is 9.72. The molecule has 28 heavy (non-hydrogen) atoms. The van der Waals surface area contributed by atoms with Gasteiger partial charge in [-0.3, -0.25) is 9.59 Å². The number of aliphatic hydroxyl groups excluding tert-OH is 1. The Morgan fingerprint density at radius 2 is 2.14 bits per heavy atom. The van der Waals surface area contributed by atoms with Crippen molar-refractivity contribution in [2.24, 2.45) is 28.6 Å². The van der Waals surface area contributed by atoms with Crippen LogP contribution in [-0.2, 0) is 14.3 Å². The lowest BCUT2D eigenvalue weighted by Gasteiger charge is -2.60. The van der Waals surface area contributed by atoms with Crippen LogP contribution in [0.5, 0.6) is 0 Å². The molecule has 4 heteroatoms. The Labute approximate surface area is 167 Å². The Bertz CT molecular complexity index is 817. The molecule has 0 bridgehead atoms. The molecule has 1 N–H and O–H groups in total. The number of rotatable bonds is 2. The van der Waals surface area contributed by atoms with Gasteiger partial charge in [0.15, 0.2) is 5.78 Å². The van der Waals surface area contributed by atoms with E-state index in [1.807, 2.05) is 6.08 Å². The van der Waals surface area contributed by atoms with Crippen LogP contribution in [0.25, 0.3) is 0 Å². The van der Waals surface area contributed by atoms with Crippen molar-refractivity contribution in [1.29, 1.82) is 0 Å². The Morgan fingerprint density at radius 1 is 1.39 bits per heavy atom. The number of carbonyl (C=O) groups excluding carboxylic acids is 2. The highest BCUT2D eigenvalue weighted by Crippen LogP contribution is 2.68. The number of terminal acetylenes is 1. The van der Waals surface area contributed by atoms with Gasteiger partial charge in [-0.1, -0.05) is 25.5 Å². The lowest BCUT2D eigenvalue weighted by molar-refractivity contribution is -0.193. The van der Waals surface area contributed by atoms with Crippen LogP contribution in [0.3, 0.4) is 0 Å². The van der Waals surface area contributed by atoms with Crippen LogP contribution >= 0.6 is 0 Å². The molecule has 0 heterocycles. The summed E-state index contributed by atoms with van der Waals surface area (Å²) in [6.45, 7) is 5.78. The van der Waals surface area contributed by atoms with Gasteiger partial charge in [0.05, 0.1) is 6.10 Å². The molecule has 0 amide bonds. The van der Waals surface area contributed by atoms with Crippen LogP contribution in [0.1, 0.15) is 59.3 Å². The highest BCUT2D eigenvalue weighted by Gasteiger charge is 2.67. The fraction of sp³-hybridized carbons (Fsp3) is 0.667. The molecule has 0 saturated heterocycles. The minimum atomic E-state index is -0.695. The highest BCUT2D eigenvalue weighted by atomic mass is 16.6. The van der Waals surface area contributed by atoms with Gasteiger partial charge in [0, 0.05) is 30.1 Å². The monoisotopic (exact) mass is 382 g/mol. The first-order valence-corrected chi connectivity index (χ1v) is 10.4. The minimum absolute atomic E-state index is 0.0461. The maximum absolute atomic E-state index is 11.9. The van der Waals surface area contributed by atoms with E-state index in [-0.39, 0.29) is 28.5 Å². The van der Waals surface area contributed by atoms with Crippen molar-refractivity contribution in [3.63, 3.8) is 0 Å². The topological polar surface area (TPSA) is 63.6 Å². The molecule has 0 spiro atoms. The first-order valence-electron chi connectivity index (χ1n) is 10.4. The van der Waals surface area contributed by atoms with Crippen molar-refractivity contribution < 1.29 is 19.4 Å². The van der Waals surface area contributed by atoms with Crippen molar-refractivity contribution in [3.05, 3.63) is 23.8 Å². The first kappa shape index (κ1) is 19.5. The molecule has 4 unspecified atom stereocenters. The van der Waals surface area contributed by atoms with Crippen LogP contribution in [0.2, 0.25) is 0 Å². The average Bonchev–Trinajstić information content (AvgIpc) is 2.87. The van der Waals surface area contributed by atoms with Crippen LogP contribution in [0.15, 0.2) is 23.8 Å². The highest BCUT2D eigenvalue weighted by molar-refractivity contribution is 6.01. The third-order valence-electron chi connectivity index (χ3n) is 8.51. The molecular weight excluding hydrogens is 352 g/mol. The zero-order valence-corrected chi connectivity index (χ0v) is 17.0. The summed E-state index contributed by atoms with van der Waals surface area (Å²) in [6.07, 6.45) is 15.1. The normalized spacial score (nSPS) is 46.7. The number of esters is 1. The SMILES string of the molecule is C#CCC1(OC(C)=O)CCC2C3CCC4=CC(=O)C=C[C@]4(C)C3[C@@H](O)C[C@@]21C. The summed E-state index contributed by atoms with van der Waals surface area (Å²) in [7, 11) is 0. The Morgan fingerprint density at radius 3 is 2.82 bits per heavy atom. The van der Waals surface area contributed by atoms with Gasteiger partial charge in [-0.2, -0.15) is 0 Å². The summed E-state index contributed by atoms with van der Waals surface area (Å²) in [5.74, 6) is 3.23. The molecule has 4 aliphatic rings. The van der Waals surface area contributed by atoms with E-state index in [0.29, 0.717) is 24.7 Å². The molecule has 3 saturated carbocycles. The maximum Gasteiger partial charge on any atom is 0.303 e. The first-order chi connectivity index (χ1) is 13.2. The largest absolute Gasteiger partial charge is 0.458 e. The fourth-order valence-corrected chi connectivity index (χ4v) is 7.34. The van der Waals surface area contributed by atoms with Crippen molar-refractivity contribution in [2.75, 3.05) is 0 Å². The number of ether oxygens (including phenoxy) is 1. The van der Waals surface area contributed by atoms with Crippen molar-refractivity contribution in [3.8, 4) is 12.3 Å². The molecule has 0 aromatic heterocycles. The molecule has 7 atom stereocenters. The molecule has 4 rings (SSSR count). The van der Waals surface area contributed by atoms with Gasteiger partial charge in [-0.15, -0.1) is 12.3 Å². The van der Waals surface area contributed by atoms with Crippen molar-refractivity contribution in [1.82, 2.24) is 0 Å². The molecule has 3 fully saturated rings. The molecule has 150 valence electrons. The van der Waals surface area contributed by atoms with E-state index in [2.05, 4.69) is 19.8 Å². The van der Waals surface area contributed by atoms with Gasteiger partial charge in [-0.25, -0.2) is 0 Å². The summed E-state index contributed by atoms with van der Waals surface area (Å²) in [6, 6.07) is 0. The molecule has 0 radical (unpaired) electrons. The summed E-state index contributed by atoms with van der Waals surface area (Å²) >= 11 is 0. The lowest BCUT2D eigenvalue weighted by atomic mass is 9.46. The van der Waals surface area contributed by atoms with Gasteiger partial charge in [-0.05, 0) is 56.1 Å². The van der Waals surface area contributed by atoms with Crippen LogP contribution < -0.4 is 0 Å².